The topological polar surface area (TPSA) is 78.4 Å². The number of amides is 2. The molecule has 2 amide bonds. The van der Waals surface area contributed by atoms with Crippen LogP contribution in [0.15, 0.2) is 30.3 Å². The summed E-state index contributed by atoms with van der Waals surface area (Å²) in [5.41, 5.74) is 2.10. The van der Waals surface area contributed by atoms with E-state index >= 15 is 0 Å². The van der Waals surface area contributed by atoms with Crippen molar-refractivity contribution in [2.75, 3.05) is 36.4 Å². The molecule has 3 rings (SSSR count). The zero-order valence-corrected chi connectivity index (χ0v) is 15.3. The molecule has 1 fully saturated rings. The number of rotatable bonds is 3. The maximum Gasteiger partial charge on any atom is 0.274 e. The minimum absolute atomic E-state index is 0.0850. The van der Waals surface area contributed by atoms with E-state index in [9.17, 15) is 9.59 Å². The Labute approximate surface area is 153 Å². The van der Waals surface area contributed by atoms with Gasteiger partial charge >= 0.3 is 0 Å². The number of hydrogen-bond acceptors (Lipinski definition) is 5. The van der Waals surface area contributed by atoms with Crippen LogP contribution in [-0.2, 0) is 4.79 Å². The predicted octanol–water partition coefficient (Wildman–Crippen LogP) is 2.01. The Morgan fingerprint density at radius 2 is 1.73 bits per heavy atom. The van der Waals surface area contributed by atoms with Gasteiger partial charge in [0.25, 0.3) is 5.91 Å². The van der Waals surface area contributed by atoms with Gasteiger partial charge in [-0.3, -0.25) is 9.59 Å². The number of nitrogens with one attached hydrogen (secondary N) is 1. The summed E-state index contributed by atoms with van der Waals surface area (Å²) in [5.74, 6) is 1.09. The normalized spacial score (nSPS) is 14.3. The minimum Gasteiger partial charge on any atom is -0.353 e. The third kappa shape index (κ3) is 3.99. The predicted molar refractivity (Wildman–Crippen MR) is 100 cm³/mol. The zero-order chi connectivity index (χ0) is 18.7. The van der Waals surface area contributed by atoms with Crippen LogP contribution >= 0.6 is 0 Å². The van der Waals surface area contributed by atoms with Crippen LogP contribution in [-0.4, -0.2) is 52.9 Å². The van der Waals surface area contributed by atoms with Crippen molar-refractivity contribution in [2.24, 2.45) is 0 Å². The van der Waals surface area contributed by atoms with Gasteiger partial charge in [0.15, 0.2) is 0 Å². The van der Waals surface area contributed by atoms with Gasteiger partial charge in [0.05, 0.1) is 0 Å². The molecule has 0 bridgehead atoms. The van der Waals surface area contributed by atoms with Crippen molar-refractivity contribution < 1.29 is 9.59 Å². The van der Waals surface area contributed by atoms with Crippen LogP contribution in [0.4, 0.5) is 11.5 Å². The average Bonchev–Trinajstić information content (AvgIpc) is 2.63. The standard InChI is InChI=1S/C19H23N5O2/c1-13-6-4-5-7-16(13)22-19(26)17-12-18(21-14(2)20-17)24-10-8-23(9-11-24)15(3)25/h4-7,12H,8-11H2,1-3H3,(H,22,26). The van der Waals surface area contributed by atoms with Crippen LogP contribution < -0.4 is 10.2 Å². The lowest BCUT2D eigenvalue weighted by molar-refractivity contribution is -0.129. The third-order valence-corrected chi connectivity index (χ3v) is 4.50. The molecular formula is C19H23N5O2. The Morgan fingerprint density at radius 3 is 2.38 bits per heavy atom. The lowest BCUT2D eigenvalue weighted by Gasteiger charge is -2.35. The van der Waals surface area contributed by atoms with E-state index in [0.29, 0.717) is 37.7 Å². The number of piperazine rings is 1. The maximum absolute atomic E-state index is 12.6. The summed E-state index contributed by atoms with van der Waals surface area (Å²) < 4.78 is 0. The molecule has 2 heterocycles. The Balaban J connectivity index is 1.76. The van der Waals surface area contributed by atoms with Crippen molar-refractivity contribution in [3.05, 3.63) is 47.4 Å². The highest BCUT2D eigenvalue weighted by molar-refractivity contribution is 6.03. The number of benzene rings is 1. The number of carbonyl (C=O) groups is 2. The molecule has 26 heavy (non-hydrogen) atoms. The second kappa shape index (κ2) is 7.51. The van der Waals surface area contributed by atoms with Crippen molar-refractivity contribution in [3.63, 3.8) is 0 Å². The zero-order valence-electron chi connectivity index (χ0n) is 15.3. The number of carbonyl (C=O) groups excluding carboxylic acids is 2. The SMILES string of the molecule is CC(=O)N1CCN(c2cc(C(=O)Nc3ccccc3C)nc(C)n2)CC1. The van der Waals surface area contributed by atoms with Gasteiger partial charge in [-0.15, -0.1) is 0 Å². The molecular weight excluding hydrogens is 330 g/mol. The summed E-state index contributed by atoms with van der Waals surface area (Å²) in [6, 6.07) is 9.33. The van der Waals surface area contributed by atoms with Crippen LogP contribution in [0.1, 0.15) is 28.8 Å². The van der Waals surface area contributed by atoms with Crippen molar-refractivity contribution in [2.45, 2.75) is 20.8 Å². The van der Waals surface area contributed by atoms with E-state index in [1.807, 2.05) is 36.1 Å². The van der Waals surface area contributed by atoms with Gasteiger partial charge in [-0.25, -0.2) is 9.97 Å². The molecule has 136 valence electrons. The Bertz CT molecular complexity index is 828. The number of nitrogens with zero attached hydrogens (tertiary/aromatic N) is 4. The lowest BCUT2D eigenvalue weighted by Crippen LogP contribution is -2.48. The number of aromatic nitrogens is 2. The molecule has 2 aromatic rings. The average molecular weight is 353 g/mol. The van der Waals surface area contributed by atoms with Crippen LogP contribution in [0.25, 0.3) is 0 Å². The highest BCUT2D eigenvalue weighted by atomic mass is 16.2. The van der Waals surface area contributed by atoms with Crippen LogP contribution in [0, 0.1) is 13.8 Å². The van der Waals surface area contributed by atoms with Gasteiger partial charge in [-0.1, -0.05) is 18.2 Å². The van der Waals surface area contributed by atoms with E-state index in [0.717, 1.165) is 17.1 Å². The first kappa shape index (κ1) is 17.8. The molecule has 1 aliphatic rings. The molecule has 0 unspecified atom stereocenters. The summed E-state index contributed by atoms with van der Waals surface area (Å²) in [4.78, 5) is 36.7. The van der Waals surface area contributed by atoms with Crippen LogP contribution in [0.2, 0.25) is 0 Å². The van der Waals surface area contributed by atoms with Crippen molar-refractivity contribution in [3.8, 4) is 0 Å². The molecule has 0 atom stereocenters. The first-order chi connectivity index (χ1) is 12.4. The summed E-state index contributed by atoms with van der Waals surface area (Å²) in [6.45, 7) is 8.00. The highest BCUT2D eigenvalue weighted by Crippen LogP contribution is 2.18. The quantitative estimate of drug-likeness (QED) is 0.913. The van der Waals surface area contributed by atoms with Gasteiger partial charge in [-0.05, 0) is 25.5 Å². The van der Waals surface area contributed by atoms with Gasteiger partial charge in [0.2, 0.25) is 5.91 Å². The monoisotopic (exact) mass is 353 g/mol. The number of para-hydroxylation sites is 1. The van der Waals surface area contributed by atoms with E-state index in [2.05, 4.69) is 20.2 Å². The molecule has 1 N–H and O–H groups in total. The molecule has 1 aromatic heterocycles. The van der Waals surface area contributed by atoms with Crippen LogP contribution in [0.5, 0.6) is 0 Å². The van der Waals surface area contributed by atoms with E-state index in [4.69, 9.17) is 0 Å². The van der Waals surface area contributed by atoms with Crippen LogP contribution in [0.3, 0.4) is 0 Å². The molecule has 7 heteroatoms. The smallest absolute Gasteiger partial charge is 0.274 e. The third-order valence-electron chi connectivity index (χ3n) is 4.50. The summed E-state index contributed by atoms with van der Waals surface area (Å²) in [7, 11) is 0. The molecule has 0 spiro atoms. The second-order valence-electron chi connectivity index (χ2n) is 6.42. The van der Waals surface area contributed by atoms with Crippen molar-refractivity contribution in [1.82, 2.24) is 14.9 Å². The second-order valence-corrected chi connectivity index (χ2v) is 6.42. The van der Waals surface area contributed by atoms with Crippen molar-refractivity contribution in [1.29, 1.82) is 0 Å². The molecule has 1 aliphatic heterocycles. The molecule has 0 radical (unpaired) electrons. The minimum atomic E-state index is -0.256. The molecule has 7 nitrogen and oxygen atoms in total. The summed E-state index contributed by atoms with van der Waals surface area (Å²) in [5, 5.41) is 2.91. The van der Waals surface area contributed by atoms with Crippen molar-refractivity contribution >= 4 is 23.3 Å². The van der Waals surface area contributed by atoms with E-state index < -0.39 is 0 Å². The molecule has 1 aromatic carbocycles. The fraction of sp³-hybridized carbons (Fsp3) is 0.368. The summed E-state index contributed by atoms with van der Waals surface area (Å²) in [6.07, 6.45) is 0. The number of anilines is 2. The largest absolute Gasteiger partial charge is 0.353 e. The molecule has 1 saturated heterocycles. The Morgan fingerprint density at radius 1 is 1.04 bits per heavy atom. The molecule has 0 saturated carbocycles. The van der Waals surface area contributed by atoms with Gasteiger partial charge in [0, 0.05) is 44.9 Å². The number of aryl methyl sites for hydroxylation is 2. The first-order valence-electron chi connectivity index (χ1n) is 8.67. The first-order valence-corrected chi connectivity index (χ1v) is 8.67. The maximum atomic E-state index is 12.6. The fourth-order valence-corrected chi connectivity index (χ4v) is 2.98. The van der Waals surface area contributed by atoms with E-state index in [-0.39, 0.29) is 11.8 Å². The fourth-order valence-electron chi connectivity index (χ4n) is 2.98. The number of hydrogen-bond donors (Lipinski definition) is 1. The van der Waals surface area contributed by atoms with Gasteiger partial charge in [-0.2, -0.15) is 0 Å². The lowest BCUT2D eigenvalue weighted by atomic mass is 10.2. The Kier molecular flexibility index (Phi) is 5.16. The van der Waals surface area contributed by atoms with Gasteiger partial charge in [0.1, 0.15) is 17.3 Å². The summed E-state index contributed by atoms with van der Waals surface area (Å²) >= 11 is 0. The van der Waals surface area contributed by atoms with Gasteiger partial charge < -0.3 is 15.1 Å². The highest BCUT2D eigenvalue weighted by Gasteiger charge is 2.21. The van der Waals surface area contributed by atoms with E-state index in [1.54, 1.807) is 19.9 Å². The van der Waals surface area contributed by atoms with E-state index in [1.165, 1.54) is 0 Å². The molecule has 0 aliphatic carbocycles. The Hall–Kier alpha value is -2.96.